The van der Waals surface area contributed by atoms with Gasteiger partial charge in [-0.25, -0.2) is 0 Å². The molecule has 0 spiro atoms. The number of imide groups is 1. The predicted octanol–water partition coefficient (Wildman–Crippen LogP) is -0.415. The quantitative estimate of drug-likeness (QED) is 0.604. The highest BCUT2D eigenvalue weighted by Gasteiger charge is 2.45. The van der Waals surface area contributed by atoms with E-state index >= 15 is 0 Å². The Morgan fingerprint density at radius 1 is 1.20 bits per heavy atom. The van der Waals surface area contributed by atoms with Crippen LogP contribution in [0.2, 0.25) is 0 Å². The maximum Gasteiger partial charge on any atom is 0.265 e. The van der Waals surface area contributed by atoms with E-state index in [9.17, 15) is 24.6 Å². The van der Waals surface area contributed by atoms with E-state index in [-0.39, 0.29) is 35.6 Å². The van der Waals surface area contributed by atoms with E-state index in [1.165, 1.54) is 18.2 Å². The monoisotopic (exact) mass is 276 g/mol. The molecule has 2 aliphatic rings. The van der Waals surface area contributed by atoms with E-state index in [2.05, 4.69) is 5.32 Å². The van der Waals surface area contributed by atoms with Crippen LogP contribution in [0.25, 0.3) is 0 Å². The second-order valence-electron chi connectivity index (χ2n) is 4.80. The average Bonchev–Trinajstić information content (AvgIpc) is 2.64. The first-order valence-corrected chi connectivity index (χ1v) is 6.18. The third kappa shape index (κ3) is 1.67. The zero-order valence-corrected chi connectivity index (χ0v) is 10.4. The fraction of sp³-hybridized carbons (Fsp3) is 0.308. The molecular weight excluding hydrogens is 264 g/mol. The van der Waals surface area contributed by atoms with Crippen LogP contribution in [0.5, 0.6) is 5.75 Å². The van der Waals surface area contributed by atoms with Crippen molar-refractivity contribution in [3.8, 4) is 5.75 Å². The lowest BCUT2D eigenvalue weighted by atomic mass is 10.0. The fourth-order valence-electron chi connectivity index (χ4n) is 2.63. The van der Waals surface area contributed by atoms with E-state index in [1.54, 1.807) is 0 Å². The van der Waals surface area contributed by atoms with Crippen molar-refractivity contribution in [1.29, 1.82) is 0 Å². The second kappa shape index (κ2) is 4.31. The molecule has 7 nitrogen and oxygen atoms in total. The number of aliphatic hydroxyl groups is 1. The molecule has 0 aliphatic carbocycles. The maximum absolute atomic E-state index is 12.3. The Hall–Kier alpha value is -2.41. The van der Waals surface area contributed by atoms with Gasteiger partial charge in [0.1, 0.15) is 12.0 Å². The molecule has 3 amide bonds. The zero-order chi connectivity index (χ0) is 14.4. The van der Waals surface area contributed by atoms with Gasteiger partial charge in [-0.1, -0.05) is 6.07 Å². The average molecular weight is 276 g/mol. The van der Waals surface area contributed by atoms with E-state index in [0.717, 1.165) is 4.90 Å². The minimum Gasteiger partial charge on any atom is -0.507 e. The van der Waals surface area contributed by atoms with Gasteiger partial charge in [0.05, 0.1) is 17.2 Å². The van der Waals surface area contributed by atoms with Crippen LogP contribution in [0.3, 0.4) is 0 Å². The largest absolute Gasteiger partial charge is 0.507 e. The van der Waals surface area contributed by atoms with Gasteiger partial charge in [-0.3, -0.25) is 19.3 Å². The summed E-state index contributed by atoms with van der Waals surface area (Å²) in [7, 11) is 0. The first-order chi connectivity index (χ1) is 9.50. The van der Waals surface area contributed by atoms with Gasteiger partial charge >= 0.3 is 0 Å². The molecule has 0 saturated carbocycles. The third-order valence-corrected chi connectivity index (χ3v) is 3.60. The van der Waals surface area contributed by atoms with Crippen molar-refractivity contribution < 1.29 is 24.6 Å². The highest BCUT2D eigenvalue weighted by molar-refractivity contribution is 6.22. The summed E-state index contributed by atoms with van der Waals surface area (Å²) in [6, 6.07) is 3.43. The molecule has 2 heterocycles. The first kappa shape index (κ1) is 12.6. The van der Waals surface area contributed by atoms with Crippen LogP contribution >= 0.6 is 0 Å². The van der Waals surface area contributed by atoms with Crippen LogP contribution in [-0.2, 0) is 4.79 Å². The summed E-state index contributed by atoms with van der Waals surface area (Å²) in [5.74, 6) is -1.81. The number of piperidine rings is 1. The Kier molecular flexibility index (Phi) is 2.72. The molecular formula is C13H12N2O5. The molecule has 104 valence electrons. The van der Waals surface area contributed by atoms with Crippen LogP contribution in [0, 0.1) is 0 Å². The molecule has 1 saturated heterocycles. The highest BCUT2D eigenvalue weighted by atomic mass is 16.3. The number of aromatic hydroxyl groups is 1. The Morgan fingerprint density at radius 2 is 1.95 bits per heavy atom. The summed E-state index contributed by atoms with van der Waals surface area (Å²) in [4.78, 5) is 36.6. The van der Waals surface area contributed by atoms with Crippen molar-refractivity contribution in [2.45, 2.75) is 25.1 Å². The topological polar surface area (TPSA) is 107 Å². The fourth-order valence-corrected chi connectivity index (χ4v) is 2.63. The van der Waals surface area contributed by atoms with Crippen LogP contribution < -0.4 is 5.32 Å². The molecule has 0 bridgehead atoms. The molecule has 1 aromatic rings. The Labute approximate surface area is 113 Å². The van der Waals surface area contributed by atoms with Crippen molar-refractivity contribution in [2.75, 3.05) is 0 Å². The Morgan fingerprint density at radius 3 is 2.60 bits per heavy atom. The predicted molar refractivity (Wildman–Crippen MR) is 65.8 cm³/mol. The number of amides is 3. The van der Waals surface area contributed by atoms with Gasteiger partial charge in [-0.05, 0) is 18.6 Å². The number of phenols is 1. The van der Waals surface area contributed by atoms with Crippen molar-refractivity contribution >= 4 is 17.7 Å². The second-order valence-corrected chi connectivity index (χ2v) is 4.80. The number of hydrogen-bond donors (Lipinski definition) is 3. The van der Waals surface area contributed by atoms with Crippen molar-refractivity contribution in [3.63, 3.8) is 0 Å². The lowest BCUT2D eigenvalue weighted by Crippen LogP contribution is -2.57. The summed E-state index contributed by atoms with van der Waals surface area (Å²) < 4.78 is 0. The molecule has 20 heavy (non-hydrogen) atoms. The molecule has 2 atom stereocenters. The maximum atomic E-state index is 12.3. The van der Waals surface area contributed by atoms with Crippen LogP contribution in [-0.4, -0.2) is 45.1 Å². The molecule has 2 aliphatic heterocycles. The van der Waals surface area contributed by atoms with E-state index in [0.29, 0.717) is 0 Å². The minimum atomic E-state index is -1.29. The number of nitrogens with zero attached hydrogens (tertiary/aromatic N) is 1. The van der Waals surface area contributed by atoms with Crippen molar-refractivity contribution in [2.24, 2.45) is 0 Å². The van der Waals surface area contributed by atoms with Crippen molar-refractivity contribution in [1.82, 2.24) is 10.2 Å². The molecule has 1 aromatic carbocycles. The molecule has 0 radical (unpaired) electrons. The number of hydrogen-bond acceptors (Lipinski definition) is 5. The van der Waals surface area contributed by atoms with Gasteiger partial charge in [0.25, 0.3) is 11.8 Å². The summed E-state index contributed by atoms with van der Waals surface area (Å²) in [5, 5.41) is 21.9. The number of fused-ring (bicyclic) bond motifs is 1. The molecule has 1 fully saturated rings. The third-order valence-electron chi connectivity index (χ3n) is 3.60. The van der Waals surface area contributed by atoms with Crippen LogP contribution in [0.1, 0.15) is 33.6 Å². The number of benzene rings is 1. The van der Waals surface area contributed by atoms with E-state index in [1.807, 2.05) is 0 Å². The highest BCUT2D eigenvalue weighted by Crippen LogP contribution is 2.33. The number of rotatable bonds is 1. The molecule has 3 N–H and O–H groups in total. The normalized spacial score (nSPS) is 25.6. The van der Waals surface area contributed by atoms with Gasteiger partial charge in [-0.2, -0.15) is 0 Å². The summed E-state index contributed by atoms with van der Waals surface area (Å²) in [5.41, 5.74) is 0.0562. The number of carbonyl (C=O) groups excluding carboxylic acids is 3. The van der Waals surface area contributed by atoms with Crippen molar-refractivity contribution in [3.05, 3.63) is 29.3 Å². The standard InChI is InChI=1S/C13H12N2O5/c16-8-3-1-2-6-10(8)13(20)15(12(6)19)7-4-5-9(17)14-11(7)18/h1-3,7,11,16,18H,4-5H2,(H,14,17). The van der Waals surface area contributed by atoms with E-state index < -0.39 is 24.1 Å². The van der Waals surface area contributed by atoms with E-state index in [4.69, 9.17) is 0 Å². The molecule has 3 rings (SSSR count). The van der Waals surface area contributed by atoms with Gasteiger partial charge < -0.3 is 15.5 Å². The minimum absolute atomic E-state index is 0.0541. The number of carbonyl (C=O) groups is 3. The SMILES string of the molecule is O=C1CCC(N2C(=O)c3cccc(O)c3C2=O)C(O)N1. The van der Waals surface area contributed by atoms with Crippen LogP contribution in [0.15, 0.2) is 18.2 Å². The number of phenolic OH excluding ortho intramolecular Hbond substituents is 1. The summed E-state index contributed by atoms with van der Waals surface area (Å²) in [6.07, 6.45) is -0.971. The van der Waals surface area contributed by atoms with Gasteiger partial charge in [0.2, 0.25) is 5.91 Å². The lowest BCUT2D eigenvalue weighted by molar-refractivity contribution is -0.129. The Balaban J connectivity index is 1.98. The van der Waals surface area contributed by atoms with Gasteiger partial charge in [0.15, 0.2) is 0 Å². The van der Waals surface area contributed by atoms with Gasteiger partial charge in [-0.15, -0.1) is 0 Å². The smallest absolute Gasteiger partial charge is 0.265 e. The zero-order valence-electron chi connectivity index (χ0n) is 10.4. The molecule has 7 heteroatoms. The molecule has 0 aromatic heterocycles. The number of nitrogens with one attached hydrogen (secondary N) is 1. The summed E-state index contributed by atoms with van der Waals surface area (Å²) >= 11 is 0. The summed E-state index contributed by atoms with van der Waals surface area (Å²) in [6.45, 7) is 0. The molecule has 2 unspecified atom stereocenters. The van der Waals surface area contributed by atoms with Crippen LogP contribution in [0.4, 0.5) is 0 Å². The lowest BCUT2D eigenvalue weighted by Gasteiger charge is -2.33. The van der Waals surface area contributed by atoms with Gasteiger partial charge in [0, 0.05) is 6.42 Å². The Bertz CT molecular complexity index is 627. The first-order valence-electron chi connectivity index (χ1n) is 6.18. The number of aliphatic hydroxyl groups excluding tert-OH is 1.